The van der Waals surface area contributed by atoms with Crippen molar-refractivity contribution in [3.05, 3.63) is 66.3 Å². The van der Waals surface area contributed by atoms with Crippen molar-refractivity contribution in [2.24, 2.45) is 58.3 Å². The normalized spacial score (nSPS) is 14.3. The Kier molecular flexibility index (Phi) is 56.9. The molecule has 18 amide bonds. The van der Waals surface area contributed by atoms with Gasteiger partial charge in [-0.25, -0.2) is 14.8 Å². The molecule has 0 aliphatic carbocycles. The highest BCUT2D eigenvalue weighted by atomic mass is 16.4. The smallest absolute Gasteiger partial charge is 0.326 e. The van der Waals surface area contributed by atoms with Crippen molar-refractivity contribution in [2.45, 2.75) is 283 Å². The number of aromatic nitrogens is 4. The van der Waals surface area contributed by atoms with E-state index in [9.17, 15) is 106 Å². The Morgan fingerprint density at radius 1 is 0.322 bits per heavy atom. The number of hydrogen-bond donors (Lipinski definition) is 36. The number of carbonyl (C=O) groups is 19. The molecule has 3 aromatic rings. The van der Waals surface area contributed by atoms with Gasteiger partial charge in [-0.3, -0.25) is 108 Å². The third-order valence-corrected chi connectivity index (χ3v) is 22.4. The molecule has 1 aromatic carbocycles. The number of imidazole rings is 2. The first-order chi connectivity index (χ1) is 70.1. The minimum Gasteiger partial charge on any atom is -0.508 e. The van der Waals surface area contributed by atoms with Gasteiger partial charge in [-0.15, -0.1) is 0 Å². The highest BCUT2D eigenvalue weighted by Gasteiger charge is 2.40. The third kappa shape index (κ3) is 50.8. The van der Waals surface area contributed by atoms with E-state index >= 15 is 0 Å². The second-order valence-electron chi connectivity index (χ2n) is 37.8. The molecule has 2 aromatic heterocycles. The number of phenolic OH excluding ortho intramolecular Hbond substituents is 1. The van der Waals surface area contributed by atoms with Crippen LogP contribution >= 0.6 is 0 Å². The number of H-pyrrole nitrogens is 2. The molecular weight excluding hydrogens is 1950 g/mol. The van der Waals surface area contributed by atoms with Crippen LogP contribution in [0.15, 0.2) is 49.3 Å². The number of hydrogen-bond acceptors (Lipinski definition) is 28. The molecule has 0 saturated heterocycles. The number of carboxylic acids is 1. The molecule has 149 heavy (non-hydrogen) atoms. The van der Waals surface area contributed by atoms with Gasteiger partial charge in [-0.1, -0.05) is 81.4 Å². The summed E-state index contributed by atoms with van der Waals surface area (Å²) in [4.78, 5) is 279. The molecule has 0 fully saturated rings. The van der Waals surface area contributed by atoms with E-state index in [4.69, 9.17) is 50.3 Å². The number of rotatable bonds is 69. The standard InChI is InChI=1S/C92H155N35O22/c1-45(2)30-61(81(141)122-65(34-53-22-24-56(129)25-23-53)84(144)119-60(21-17-29-107-92(100)101)79(139)120-63(32-47(5)6)83(143)123-66(35-54-38-102-43-110-54)85(145)125-67(88(148)149)36-55-39-103-44-111-55)116-71(132)41-109-76(136)57(18-14-26-104-89(94)95)117-74(134)51(12)112-73(133)50(11)113-77(137)59(20-16-28-106-91(98)99)118-82(142)64(33-48(7)8)124-87(147)72(49(9)10)127-75(135)52(13)114-80(140)62(31-46(3)4)121-86(146)68(42-128)126-78(138)58(19-15-27-105-90(96)97)115-70(131)40-108-69(130)37-93/h22-25,38-39,43-52,57-68,72,128-129H,14-21,26-37,40-42,93H2,1-13H3,(H,102,110)(H,103,111)(H,108,130)(H,109,136)(H,112,133)(H,113,137)(H,114,140)(H,115,131)(H,116,132)(H,117,134)(H,118,142)(H,119,144)(H,120,139)(H,121,146)(H,122,141)(H,123,143)(H,124,147)(H,125,145)(H,126,138)(H,127,135)(H,148,149)(H4,94,95,104)(H4,96,97,105)(H4,98,99,106)(H4,100,101,107)/t50-,51-,52-,57-,58-,59-,60-,61-,62-,63-,64-,65-,66-,67-,68-,72-/m0/s1. The molecule has 0 radical (unpaired) electrons. The zero-order valence-electron chi connectivity index (χ0n) is 86.4. The summed E-state index contributed by atoms with van der Waals surface area (Å²) in [6.45, 7) is 18.0. The van der Waals surface area contributed by atoms with E-state index in [1.165, 1.54) is 70.1 Å². The number of aromatic hydroxyl groups is 1. The number of nitrogens with zero attached hydrogens (tertiary/aromatic N) is 2. The summed E-state index contributed by atoms with van der Waals surface area (Å²) in [6.07, 6.45) is 4.20. The molecule has 0 saturated carbocycles. The molecule has 0 bridgehead atoms. The highest BCUT2D eigenvalue weighted by Crippen LogP contribution is 2.18. The number of aliphatic hydroxyl groups is 1. The van der Waals surface area contributed by atoms with E-state index in [2.05, 4.69) is 137 Å². The Labute approximate surface area is 863 Å². The number of carbonyl (C=O) groups excluding carboxylic acids is 18. The lowest BCUT2D eigenvalue weighted by Gasteiger charge is -2.29. The van der Waals surface area contributed by atoms with Gasteiger partial charge in [0.15, 0.2) is 23.8 Å². The number of phenols is 1. The summed E-state index contributed by atoms with van der Waals surface area (Å²) >= 11 is 0. The summed E-state index contributed by atoms with van der Waals surface area (Å²) in [5, 5.41) is 117. The predicted octanol–water partition coefficient (Wildman–Crippen LogP) is -9.16. The van der Waals surface area contributed by atoms with Crippen LogP contribution in [0.4, 0.5) is 0 Å². The van der Waals surface area contributed by atoms with Crippen LogP contribution in [0.5, 0.6) is 5.75 Å². The van der Waals surface area contributed by atoms with Gasteiger partial charge in [0.25, 0.3) is 0 Å². The number of carboxylic acid groups (broad SMARTS) is 1. The van der Waals surface area contributed by atoms with Gasteiger partial charge in [0, 0.05) is 57.8 Å². The van der Waals surface area contributed by atoms with E-state index in [0.29, 0.717) is 17.0 Å². The lowest BCUT2D eigenvalue weighted by Crippen LogP contribution is -2.61. The molecule has 57 heteroatoms. The van der Waals surface area contributed by atoms with Crippen LogP contribution in [-0.2, 0) is 110 Å². The van der Waals surface area contributed by atoms with Crippen molar-refractivity contribution in [1.82, 2.24) is 137 Å². The minimum absolute atomic E-state index is 0.00198. The van der Waals surface area contributed by atoms with Crippen molar-refractivity contribution < 1.29 is 106 Å². The van der Waals surface area contributed by atoms with E-state index in [1.54, 1.807) is 69.2 Å². The monoisotopic (exact) mass is 2100 g/mol. The van der Waals surface area contributed by atoms with E-state index in [-0.39, 0.29) is 158 Å². The first-order valence-electron chi connectivity index (χ1n) is 49.1. The summed E-state index contributed by atoms with van der Waals surface area (Å²) in [5.74, 6) is -21.7. The average molecular weight is 2100 g/mol. The van der Waals surface area contributed by atoms with Crippen LogP contribution in [0.25, 0.3) is 0 Å². The van der Waals surface area contributed by atoms with E-state index in [1.807, 2.05) is 0 Å². The molecule has 0 unspecified atom stereocenters. The Bertz CT molecular complexity index is 4950. The Morgan fingerprint density at radius 3 is 0.973 bits per heavy atom. The van der Waals surface area contributed by atoms with Gasteiger partial charge >= 0.3 is 5.97 Å². The lowest BCUT2D eigenvalue weighted by atomic mass is 9.99. The summed E-state index contributed by atoms with van der Waals surface area (Å²) in [7, 11) is 0. The summed E-state index contributed by atoms with van der Waals surface area (Å²) in [6, 6.07) is -18.1. The van der Waals surface area contributed by atoms with Crippen molar-refractivity contribution in [3.8, 4) is 5.75 Å². The van der Waals surface area contributed by atoms with Gasteiger partial charge in [-0.05, 0) is 145 Å². The quantitative estimate of drug-likeness (QED) is 0.0142. The maximum Gasteiger partial charge on any atom is 0.326 e. The van der Waals surface area contributed by atoms with Crippen LogP contribution < -0.4 is 146 Å². The number of aromatic amines is 2. The number of aliphatic carboxylic acids is 1. The molecule has 0 aliphatic rings. The first kappa shape index (κ1) is 128. The van der Waals surface area contributed by atoms with Crippen LogP contribution in [0.1, 0.15) is 184 Å². The van der Waals surface area contributed by atoms with Gasteiger partial charge in [0.2, 0.25) is 106 Å². The van der Waals surface area contributed by atoms with Crippen molar-refractivity contribution >= 4 is 136 Å². The minimum atomic E-state index is -1.71. The maximum absolute atomic E-state index is 14.9. The molecule has 3 rings (SSSR count). The van der Waals surface area contributed by atoms with Crippen LogP contribution in [0.3, 0.4) is 0 Å². The fraction of sp³-hybridized carbons (Fsp3) is 0.620. The van der Waals surface area contributed by atoms with Gasteiger partial charge in [-0.2, -0.15) is 0 Å². The first-order valence-corrected chi connectivity index (χ1v) is 49.1. The number of nitrogens with two attached hydrogens (primary N) is 5. The number of guanidine groups is 4. The molecule has 0 spiro atoms. The average Bonchev–Trinajstić information content (AvgIpc) is 1.73. The third-order valence-electron chi connectivity index (χ3n) is 22.4. The Hall–Kier alpha value is -15.6. The molecule has 830 valence electrons. The van der Waals surface area contributed by atoms with Crippen molar-refractivity contribution in [2.75, 3.05) is 52.4 Å². The van der Waals surface area contributed by atoms with Crippen molar-refractivity contribution in [1.29, 1.82) is 21.6 Å². The van der Waals surface area contributed by atoms with Crippen LogP contribution in [0, 0.1) is 51.2 Å². The zero-order valence-corrected chi connectivity index (χ0v) is 86.4. The molecule has 0 aliphatic heterocycles. The summed E-state index contributed by atoms with van der Waals surface area (Å²) in [5.41, 5.74) is 28.3. The second-order valence-corrected chi connectivity index (χ2v) is 37.8. The Balaban J connectivity index is 1.86. The van der Waals surface area contributed by atoms with E-state index in [0.717, 1.165) is 0 Å². The second kappa shape index (κ2) is 66.5. The molecule has 41 N–H and O–H groups in total. The highest BCUT2D eigenvalue weighted by molar-refractivity contribution is 6.02. The number of benzene rings is 1. The fourth-order valence-electron chi connectivity index (χ4n) is 14.7. The molecule has 57 nitrogen and oxygen atoms in total. The SMILES string of the molecule is CC(C)C[C@H](NC(=O)CNC(=O)[C@H](CCCNC(=N)N)NC(=O)[C@H](C)NC(=O)[C@H](C)NC(=O)[C@H](CCCNC(=N)N)NC(=O)[C@H](CC(C)C)NC(=O)[C@@H](NC(=O)[C@H](C)NC(=O)[C@H](CC(C)C)NC(=O)[C@H](CO)NC(=O)[C@H](CCCNC(=N)N)NC(=O)CNC(=O)CN)C(C)C)C(=O)N[C@@H](Cc1ccc(O)cc1)C(=O)N[C@@H](CCCNC(=N)N)C(=O)N[C@@H](CC(C)C)C(=O)N[C@@H](Cc1c[nH]cn1)C(=O)N[C@@H](Cc1c[nH]cn1)C(=O)O. The van der Waals surface area contributed by atoms with Crippen molar-refractivity contribution in [3.63, 3.8) is 0 Å². The number of amides is 18. The zero-order chi connectivity index (χ0) is 112. The van der Waals surface area contributed by atoms with Gasteiger partial charge < -0.3 is 171 Å². The topological polar surface area (TPSA) is 933 Å². The van der Waals surface area contributed by atoms with Gasteiger partial charge in [0.05, 0.1) is 50.3 Å². The molecule has 2 heterocycles. The number of nitrogens with one attached hydrogen (secondary N) is 28. The van der Waals surface area contributed by atoms with Gasteiger partial charge in [0.1, 0.15) is 102 Å². The number of aliphatic hydroxyl groups excluding tert-OH is 1. The lowest BCUT2D eigenvalue weighted by molar-refractivity contribution is -0.142. The molecule has 16 atom stereocenters. The van der Waals surface area contributed by atoms with Crippen LogP contribution in [0.2, 0.25) is 0 Å². The fourth-order valence-corrected chi connectivity index (χ4v) is 14.7. The van der Waals surface area contributed by atoms with Crippen LogP contribution in [-0.4, -0.2) is 320 Å². The predicted molar refractivity (Wildman–Crippen MR) is 543 cm³/mol. The Morgan fingerprint density at radius 2 is 0.604 bits per heavy atom. The largest absolute Gasteiger partial charge is 0.508 e. The maximum atomic E-state index is 14.9. The molecular formula is C92H155N35O22. The summed E-state index contributed by atoms with van der Waals surface area (Å²) < 4.78 is 0. The van der Waals surface area contributed by atoms with E-state index < -0.39 is 259 Å².